The average molecular weight is 545 g/mol. The first kappa shape index (κ1) is 27.1. The van der Waals surface area contributed by atoms with E-state index in [1.165, 1.54) is 6.26 Å². The Morgan fingerprint density at radius 3 is 1.77 bits per heavy atom. The fourth-order valence-electron chi connectivity index (χ4n) is 4.69. The molecule has 4 aromatic rings. The topological polar surface area (TPSA) is 102 Å². The van der Waals surface area contributed by atoms with Crippen LogP contribution in [0, 0.1) is 0 Å². The summed E-state index contributed by atoms with van der Waals surface area (Å²) >= 11 is 5.12. The van der Waals surface area contributed by atoms with Gasteiger partial charge in [0.1, 0.15) is 29.4 Å². The first-order valence-corrected chi connectivity index (χ1v) is 13.3. The number of benzene rings is 3. The molecule has 0 bridgehead atoms. The van der Waals surface area contributed by atoms with Crippen molar-refractivity contribution in [2.75, 3.05) is 12.3 Å². The number of ether oxygens (including phenoxy) is 4. The van der Waals surface area contributed by atoms with Crippen LogP contribution in [0.2, 0.25) is 0 Å². The van der Waals surface area contributed by atoms with E-state index in [1.54, 1.807) is 0 Å². The van der Waals surface area contributed by atoms with E-state index in [1.807, 2.05) is 91.0 Å². The molecule has 0 saturated carbocycles. The van der Waals surface area contributed by atoms with Crippen LogP contribution in [0.3, 0.4) is 0 Å². The maximum absolute atomic E-state index is 6.56. The third-order valence-corrected chi connectivity index (χ3v) is 6.85. The summed E-state index contributed by atoms with van der Waals surface area (Å²) in [6.07, 6.45) is -0.414. The second-order valence-electron chi connectivity index (χ2n) is 9.42. The highest BCUT2D eigenvalue weighted by Gasteiger charge is 2.48. The predicted molar refractivity (Wildman–Crippen MR) is 153 cm³/mol. The van der Waals surface area contributed by atoms with Crippen LogP contribution in [0.25, 0.3) is 0 Å². The van der Waals surface area contributed by atoms with Gasteiger partial charge in [-0.1, -0.05) is 103 Å². The van der Waals surface area contributed by atoms with Crippen molar-refractivity contribution in [3.63, 3.8) is 0 Å². The lowest BCUT2D eigenvalue weighted by molar-refractivity contribution is -0.0898. The Morgan fingerprint density at radius 2 is 1.26 bits per heavy atom. The minimum Gasteiger partial charge on any atom is -0.459 e. The quantitative estimate of drug-likeness (QED) is 0.231. The van der Waals surface area contributed by atoms with Gasteiger partial charge in [-0.15, -0.1) is 0 Å². The van der Waals surface area contributed by atoms with E-state index in [2.05, 4.69) is 0 Å². The minimum absolute atomic E-state index is 0.0816. The molecule has 2 heterocycles. The Bertz CT molecular complexity index is 1330. The molecule has 202 valence electrons. The molecule has 8 heteroatoms. The molecule has 4 unspecified atom stereocenters. The van der Waals surface area contributed by atoms with Crippen LogP contribution in [0.5, 0.6) is 0 Å². The highest BCUT2D eigenvalue weighted by atomic mass is 32.1. The summed E-state index contributed by atoms with van der Waals surface area (Å²) in [5.74, 6) is 0.260. The van der Waals surface area contributed by atoms with Gasteiger partial charge in [-0.2, -0.15) is 0 Å². The Labute approximate surface area is 233 Å². The van der Waals surface area contributed by atoms with Gasteiger partial charge < -0.3 is 34.8 Å². The molecular weight excluding hydrogens is 512 g/mol. The number of hydrogen-bond acceptors (Lipinski definition) is 7. The third-order valence-electron chi connectivity index (χ3n) is 6.66. The number of thiocarbonyl (C=S) groups is 1. The predicted octanol–water partition coefficient (Wildman–Crippen LogP) is 5.32. The molecular formula is C31H32N2O5S. The summed E-state index contributed by atoms with van der Waals surface area (Å²) in [7, 11) is 0. The molecule has 3 aromatic carbocycles. The van der Waals surface area contributed by atoms with Gasteiger partial charge >= 0.3 is 0 Å². The van der Waals surface area contributed by atoms with Gasteiger partial charge in [-0.25, -0.2) is 0 Å². The van der Waals surface area contributed by atoms with Crippen LogP contribution < -0.4 is 11.5 Å². The van der Waals surface area contributed by atoms with E-state index in [4.69, 9.17) is 47.0 Å². The monoisotopic (exact) mass is 544 g/mol. The summed E-state index contributed by atoms with van der Waals surface area (Å²) in [5.41, 5.74) is 16.4. The van der Waals surface area contributed by atoms with Crippen LogP contribution in [-0.4, -0.2) is 29.9 Å². The highest BCUT2D eigenvalue weighted by molar-refractivity contribution is 7.80. The van der Waals surface area contributed by atoms with Gasteiger partial charge in [-0.3, -0.25) is 0 Å². The molecule has 0 amide bonds. The zero-order valence-electron chi connectivity index (χ0n) is 21.5. The maximum Gasteiger partial charge on any atom is 0.183 e. The second kappa shape index (κ2) is 13.0. The number of rotatable bonds is 12. The number of furan rings is 1. The number of nitrogens with two attached hydrogens (primary N) is 2. The lowest BCUT2D eigenvalue weighted by Crippen LogP contribution is -2.37. The Hall–Kier alpha value is -3.53. The average Bonchev–Trinajstić information content (AvgIpc) is 3.52. The van der Waals surface area contributed by atoms with Crippen molar-refractivity contribution in [2.24, 2.45) is 5.73 Å². The summed E-state index contributed by atoms with van der Waals surface area (Å²) in [6, 6.07) is 30.0. The van der Waals surface area contributed by atoms with Gasteiger partial charge in [0.05, 0.1) is 38.4 Å². The molecule has 39 heavy (non-hydrogen) atoms. The van der Waals surface area contributed by atoms with E-state index in [0.717, 1.165) is 16.7 Å². The van der Waals surface area contributed by atoms with Gasteiger partial charge in [0.15, 0.2) is 5.76 Å². The molecule has 7 nitrogen and oxygen atoms in total. The first-order chi connectivity index (χ1) is 19.1. The number of anilines is 1. The van der Waals surface area contributed by atoms with Gasteiger partial charge in [0, 0.05) is 5.56 Å². The van der Waals surface area contributed by atoms with E-state index in [0.29, 0.717) is 37.7 Å². The SMILES string of the molecule is NC(=S)c1occ(C2OC(COCc3ccccc3)C(OCc3ccccc3)C2OCc2ccccc2)c1N. The summed E-state index contributed by atoms with van der Waals surface area (Å²) in [4.78, 5) is 0.0816. The summed E-state index contributed by atoms with van der Waals surface area (Å²) < 4.78 is 31.3. The Kier molecular flexibility index (Phi) is 9.03. The van der Waals surface area contributed by atoms with Crippen molar-refractivity contribution in [2.45, 2.75) is 44.2 Å². The molecule has 4 N–H and O–H groups in total. The fourth-order valence-corrected chi connectivity index (χ4v) is 4.85. The van der Waals surface area contributed by atoms with Gasteiger partial charge in [0.25, 0.3) is 0 Å². The molecule has 0 radical (unpaired) electrons. The Balaban J connectivity index is 1.41. The van der Waals surface area contributed by atoms with Crippen molar-refractivity contribution < 1.29 is 23.4 Å². The Morgan fingerprint density at radius 1 is 0.744 bits per heavy atom. The molecule has 4 atom stereocenters. The van der Waals surface area contributed by atoms with Crippen LogP contribution in [-0.2, 0) is 38.8 Å². The van der Waals surface area contributed by atoms with Crippen molar-refractivity contribution in [3.8, 4) is 0 Å². The largest absolute Gasteiger partial charge is 0.459 e. The highest BCUT2D eigenvalue weighted by Crippen LogP contribution is 2.42. The minimum atomic E-state index is -0.577. The first-order valence-electron chi connectivity index (χ1n) is 12.8. The van der Waals surface area contributed by atoms with Crippen molar-refractivity contribution >= 4 is 22.9 Å². The van der Waals surface area contributed by atoms with Gasteiger partial charge in [0.2, 0.25) is 0 Å². The molecule has 1 saturated heterocycles. The lowest BCUT2D eigenvalue weighted by atomic mass is 10.0. The van der Waals surface area contributed by atoms with E-state index in [-0.39, 0.29) is 10.7 Å². The fraction of sp³-hybridized carbons (Fsp3) is 0.258. The molecule has 0 aliphatic carbocycles. The molecule has 1 aliphatic rings. The smallest absolute Gasteiger partial charge is 0.183 e. The van der Waals surface area contributed by atoms with Crippen LogP contribution in [0.15, 0.2) is 102 Å². The van der Waals surface area contributed by atoms with Crippen molar-refractivity contribution in [1.29, 1.82) is 0 Å². The van der Waals surface area contributed by atoms with Gasteiger partial charge in [-0.05, 0) is 16.7 Å². The number of hydrogen-bond donors (Lipinski definition) is 2. The lowest BCUT2D eigenvalue weighted by Gasteiger charge is -2.25. The maximum atomic E-state index is 6.56. The van der Waals surface area contributed by atoms with Crippen molar-refractivity contribution in [3.05, 3.63) is 125 Å². The van der Waals surface area contributed by atoms with E-state index >= 15 is 0 Å². The zero-order chi connectivity index (χ0) is 27.0. The van der Waals surface area contributed by atoms with Crippen LogP contribution in [0.1, 0.15) is 34.1 Å². The van der Waals surface area contributed by atoms with Crippen LogP contribution in [0.4, 0.5) is 5.69 Å². The molecule has 1 fully saturated rings. The van der Waals surface area contributed by atoms with Crippen LogP contribution >= 0.6 is 12.2 Å². The molecule has 0 spiro atoms. The summed E-state index contributed by atoms with van der Waals surface area (Å²) in [5, 5.41) is 0. The second-order valence-corrected chi connectivity index (χ2v) is 9.86. The zero-order valence-corrected chi connectivity index (χ0v) is 22.3. The van der Waals surface area contributed by atoms with Crippen molar-refractivity contribution in [1.82, 2.24) is 0 Å². The normalized spacial score (nSPS) is 20.7. The summed E-state index contributed by atoms with van der Waals surface area (Å²) in [6.45, 7) is 1.51. The molecule has 5 rings (SSSR count). The molecule has 1 aliphatic heterocycles. The number of nitrogen functional groups attached to an aromatic ring is 1. The molecule has 1 aromatic heterocycles. The van der Waals surface area contributed by atoms with E-state index in [9.17, 15) is 0 Å². The standard InChI is InChI=1S/C31H32N2O5S/c32-26-24(19-37-29(26)31(33)39)27-30(36-18-23-14-8-3-9-15-23)28(35-17-22-12-6-2-7-13-22)25(38-27)20-34-16-21-10-4-1-5-11-21/h1-15,19,25,27-28,30H,16-18,20,32H2,(H2,33,39). The van der Waals surface area contributed by atoms with E-state index < -0.39 is 24.4 Å². The third kappa shape index (κ3) is 6.73.